The molecule has 0 radical (unpaired) electrons. The molecule has 0 heterocycles. The third kappa shape index (κ3) is 5.68. The van der Waals surface area contributed by atoms with Crippen molar-refractivity contribution in [3.63, 3.8) is 0 Å². The molecule has 2 atom stereocenters. The minimum atomic E-state index is -1.52. The van der Waals surface area contributed by atoms with Gasteiger partial charge in [0.05, 0.1) is 13.2 Å². The van der Waals surface area contributed by atoms with Crippen LogP contribution in [0.4, 0.5) is 0 Å². The quantitative estimate of drug-likeness (QED) is 0.318. The number of esters is 2. The van der Waals surface area contributed by atoms with E-state index in [9.17, 15) is 9.59 Å². The van der Waals surface area contributed by atoms with Gasteiger partial charge in [-0.25, -0.2) is 9.59 Å². The van der Waals surface area contributed by atoms with Gasteiger partial charge in [-0.05, 0) is 39.5 Å². The molecule has 0 aliphatic carbocycles. The molecule has 26 heavy (non-hydrogen) atoms. The van der Waals surface area contributed by atoms with Crippen molar-refractivity contribution in [2.24, 2.45) is 0 Å². The first-order valence-electron chi connectivity index (χ1n) is 10.1. The maximum Gasteiger partial charge on any atom is 0.342 e. The fourth-order valence-electron chi connectivity index (χ4n) is 3.09. The number of hydrogen-bond donors (Lipinski definition) is 0. The number of carbonyl (C=O) groups excluding carboxylic acids is 2. The van der Waals surface area contributed by atoms with Gasteiger partial charge in [-0.2, -0.15) is 0 Å². The lowest BCUT2D eigenvalue weighted by atomic mass is 9.77. The summed E-state index contributed by atoms with van der Waals surface area (Å²) >= 11 is 0. The second-order valence-electron chi connectivity index (χ2n) is 6.21. The largest absolute Gasteiger partial charge is 0.463 e. The highest BCUT2D eigenvalue weighted by Gasteiger charge is 2.63. The Kier molecular flexibility index (Phi) is 12.5. The minimum Gasteiger partial charge on any atom is -0.463 e. The molecule has 154 valence electrons. The Morgan fingerprint density at radius 3 is 1.23 bits per heavy atom. The molecule has 0 spiro atoms. The lowest BCUT2D eigenvalue weighted by Crippen LogP contribution is -2.66. The van der Waals surface area contributed by atoms with Crippen LogP contribution in [-0.4, -0.2) is 49.6 Å². The zero-order valence-corrected chi connectivity index (χ0v) is 17.5. The van der Waals surface area contributed by atoms with Crippen LogP contribution in [0.5, 0.6) is 0 Å². The summed E-state index contributed by atoms with van der Waals surface area (Å²) in [6.07, 6.45) is 3.83. The summed E-state index contributed by atoms with van der Waals surface area (Å²) in [5.41, 5.74) is -3.05. The van der Waals surface area contributed by atoms with Gasteiger partial charge in [0.2, 0.25) is 11.2 Å². The Bertz CT molecular complexity index is 373. The zero-order chi connectivity index (χ0) is 20.1. The second kappa shape index (κ2) is 13.1. The predicted octanol–water partition coefficient (Wildman–Crippen LogP) is 4.04. The van der Waals surface area contributed by atoms with Crippen LogP contribution in [-0.2, 0) is 28.5 Å². The van der Waals surface area contributed by atoms with Crippen LogP contribution in [0.3, 0.4) is 0 Å². The molecule has 0 fully saturated rings. The van der Waals surface area contributed by atoms with Crippen molar-refractivity contribution in [2.45, 2.75) is 91.3 Å². The van der Waals surface area contributed by atoms with E-state index in [0.29, 0.717) is 13.2 Å². The number of ether oxygens (including phenoxy) is 4. The van der Waals surface area contributed by atoms with Gasteiger partial charge in [0.15, 0.2) is 0 Å². The van der Waals surface area contributed by atoms with E-state index in [2.05, 4.69) is 0 Å². The van der Waals surface area contributed by atoms with Crippen LogP contribution < -0.4 is 0 Å². The third-order valence-electron chi connectivity index (χ3n) is 4.55. The van der Waals surface area contributed by atoms with Gasteiger partial charge in [0.1, 0.15) is 0 Å². The van der Waals surface area contributed by atoms with Crippen molar-refractivity contribution in [2.75, 3.05) is 26.4 Å². The summed E-state index contributed by atoms with van der Waals surface area (Å²) in [4.78, 5) is 26.1. The summed E-state index contributed by atoms with van der Waals surface area (Å²) < 4.78 is 22.8. The molecule has 0 aliphatic rings. The van der Waals surface area contributed by atoms with E-state index < -0.39 is 23.1 Å². The zero-order valence-electron chi connectivity index (χ0n) is 17.5. The SMILES string of the molecule is CCCCOC(=O)C(CC)(OCC)C(CC)(OCC)C(=O)OCCCC. The van der Waals surface area contributed by atoms with Crippen LogP contribution in [0, 0.1) is 0 Å². The standard InChI is InChI=1S/C20H38O6/c1-7-13-15-23-17(21)19(9-3,25-11-5)20(10-4,26-12-6)18(22)24-16-14-8-2/h7-16H2,1-6H3. The Hall–Kier alpha value is -1.14. The fraction of sp³-hybridized carbons (Fsp3) is 0.900. The minimum absolute atomic E-state index is 0.252. The monoisotopic (exact) mass is 374 g/mol. The van der Waals surface area contributed by atoms with E-state index >= 15 is 0 Å². The molecule has 0 N–H and O–H groups in total. The summed E-state index contributed by atoms with van der Waals surface area (Å²) in [6.45, 7) is 12.3. The van der Waals surface area contributed by atoms with E-state index in [4.69, 9.17) is 18.9 Å². The molecule has 0 aromatic carbocycles. The molecule has 0 amide bonds. The summed E-state index contributed by atoms with van der Waals surface area (Å²) in [5, 5.41) is 0. The molecule has 0 saturated heterocycles. The first-order valence-corrected chi connectivity index (χ1v) is 10.1. The van der Waals surface area contributed by atoms with Crippen LogP contribution >= 0.6 is 0 Å². The average Bonchev–Trinajstić information content (AvgIpc) is 2.64. The molecule has 0 aromatic rings. The number of unbranched alkanes of at least 4 members (excludes halogenated alkanes) is 2. The predicted molar refractivity (Wildman–Crippen MR) is 101 cm³/mol. The molecule has 6 heteroatoms. The van der Waals surface area contributed by atoms with Crippen molar-refractivity contribution in [1.82, 2.24) is 0 Å². The lowest BCUT2D eigenvalue weighted by molar-refractivity contribution is -0.237. The average molecular weight is 375 g/mol. The van der Waals surface area contributed by atoms with E-state index in [0.717, 1.165) is 25.7 Å². The first-order chi connectivity index (χ1) is 12.5. The molecular formula is C20H38O6. The highest BCUT2D eigenvalue weighted by molar-refractivity contribution is 5.93. The maximum atomic E-state index is 13.0. The van der Waals surface area contributed by atoms with Crippen molar-refractivity contribution in [1.29, 1.82) is 0 Å². The van der Waals surface area contributed by atoms with Gasteiger partial charge in [-0.15, -0.1) is 0 Å². The molecule has 2 unspecified atom stereocenters. The Labute approximate surface area is 158 Å². The molecule has 0 aliphatic heterocycles. The normalized spacial score (nSPS) is 15.8. The Morgan fingerprint density at radius 1 is 0.654 bits per heavy atom. The molecule has 0 rings (SSSR count). The Balaban J connectivity index is 5.91. The van der Waals surface area contributed by atoms with Crippen molar-refractivity contribution in [3.05, 3.63) is 0 Å². The number of carbonyl (C=O) groups is 2. The molecular weight excluding hydrogens is 336 g/mol. The summed E-state index contributed by atoms with van der Waals surface area (Å²) in [5.74, 6) is -1.11. The molecule has 0 saturated carbocycles. The molecule has 6 nitrogen and oxygen atoms in total. The first kappa shape index (κ1) is 24.9. The van der Waals surface area contributed by atoms with Crippen LogP contribution in [0.2, 0.25) is 0 Å². The van der Waals surface area contributed by atoms with Gasteiger partial charge >= 0.3 is 11.9 Å². The van der Waals surface area contributed by atoms with Crippen molar-refractivity contribution in [3.8, 4) is 0 Å². The van der Waals surface area contributed by atoms with Crippen LogP contribution in [0.15, 0.2) is 0 Å². The summed E-state index contributed by atoms with van der Waals surface area (Å²) in [7, 11) is 0. The summed E-state index contributed by atoms with van der Waals surface area (Å²) in [6, 6.07) is 0. The number of rotatable bonds is 15. The van der Waals surface area contributed by atoms with E-state index in [-0.39, 0.29) is 26.1 Å². The van der Waals surface area contributed by atoms with E-state index in [1.165, 1.54) is 0 Å². The number of hydrogen-bond acceptors (Lipinski definition) is 6. The van der Waals surface area contributed by atoms with Crippen molar-refractivity contribution < 1.29 is 28.5 Å². The van der Waals surface area contributed by atoms with Gasteiger partial charge in [-0.1, -0.05) is 40.5 Å². The third-order valence-corrected chi connectivity index (χ3v) is 4.55. The second-order valence-corrected chi connectivity index (χ2v) is 6.21. The van der Waals surface area contributed by atoms with Gasteiger partial charge in [-0.3, -0.25) is 0 Å². The Morgan fingerprint density at radius 2 is 1.00 bits per heavy atom. The smallest absolute Gasteiger partial charge is 0.342 e. The van der Waals surface area contributed by atoms with Gasteiger partial charge < -0.3 is 18.9 Å². The topological polar surface area (TPSA) is 71.1 Å². The maximum absolute atomic E-state index is 13.0. The highest BCUT2D eigenvalue weighted by Crippen LogP contribution is 2.39. The van der Waals surface area contributed by atoms with Crippen molar-refractivity contribution >= 4 is 11.9 Å². The van der Waals surface area contributed by atoms with Gasteiger partial charge in [0, 0.05) is 13.2 Å². The van der Waals surface area contributed by atoms with Gasteiger partial charge in [0.25, 0.3) is 0 Å². The molecule has 0 bridgehead atoms. The van der Waals surface area contributed by atoms with Crippen LogP contribution in [0.25, 0.3) is 0 Å². The van der Waals surface area contributed by atoms with Crippen LogP contribution in [0.1, 0.15) is 80.1 Å². The van der Waals surface area contributed by atoms with E-state index in [1.54, 1.807) is 27.7 Å². The van der Waals surface area contributed by atoms with E-state index in [1.807, 2.05) is 13.8 Å². The molecule has 0 aromatic heterocycles. The lowest BCUT2D eigenvalue weighted by Gasteiger charge is -2.44. The fourth-order valence-corrected chi connectivity index (χ4v) is 3.09. The highest BCUT2D eigenvalue weighted by atomic mass is 16.6.